The molecule has 0 atom stereocenters. The Morgan fingerprint density at radius 1 is 0.900 bits per heavy atom. The molecule has 0 aliphatic carbocycles. The third-order valence-corrected chi connectivity index (χ3v) is 5.80. The van der Waals surface area contributed by atoms with Gasteiger partial charge in [0.05, 0.1) is 11.1 Å². The fourth-order valence-electron chi connectivity index (χ4n) is 4.22. The second-order valence-electron chi connectivity index (χ2n) is 7.77. The first-order valence-electron chi connectivity index (χ1n) is 9.99. The van der Waals surface area contributed by atoms with Crippen molar-refractivity contribution in [1.29, 1.82) is 5.26 Å². The zero-order valence-corrected chi connectivity index (χ0v) is 17.2. The Kier molecular flexibility index (Phi) is 4.15. The van der Waals surface area contributed by atoms with Crippen LogP contribution in [0.1, 0.15) is 16.7 Å². The number of hydrogen-bond acceptors (Lipinski definition) is 2. The molecule has 3 heteroatoms. The molecule has 30 heavy (non-hydrogen) atoms. The number of pyridine rings is 1. The van der Waals surface area contributed by atoms with Crippen LogP contribution in [0.3, 0.4) is 0 Å². The normalized spacial score (nSPS) is 11.1. The summed E-state index contributed by atoms with van der Waals surface area (Å²) in [5.74, 6) is 0. The van der Waals surface area contributed by atoms with Gasteiger partial charge in [-0.05, 0) is 43.2 Å². The number of rotatable bonds is 2. The minimum absolute atomic E-state index is 0.655. The van der Waals surface area contributed by atoms with Crippen LogP contribution in [0.5, 0.6) is 0 Å². The highest BCUT2D eigenvalue weighted by Crippen LogP contribution is 2.40. The first kappa shape index (κ1) is 18.1. The van der Waals surface area contributed by atoms with Gasteiger partial charge in [0.25, 0.3) is 0 Å². The lowest BCUT2D eigenvalue weighted by atomic mass is 9.94. The quantitative estimate of drug-likeness (QED) is 0.336. The number of aryl methyl sites for hydroxylation is 3. The third-order valence-electron chi connectivity index (χ3n) is 5.80. The van der Waals surface area contributed by atoms with E-state index in [1.165, 1.54) is 5.56 Å². The van der Waals surface area contributed by atoms with Crippen molar-refractivity contribution in [3.05, 3.63) is 89.6 Å². The number of benzene rings is 3. The Morgan fingerprint density at radius 2 is 1.70 bits per heavy atom. The lowest BCUT2D eigenvalue weighted by Gasteiger charge is -2.06. The van der Waals surface area contributed by atoms with Crippen molar-refractivity contribution in [3.63, 3.8) is 0 Å². The second-order valence-corrected chi connectivity index (χ2v) is 7.77. The summed E-state index contributed by atoms with van der Waals surface area (Å²) in [5, 5.41) is 12.0. The summed E-state index contributed by atoms with van der Waals surface area (Å²) < 4.78 is 8.46. The van der Waals surface area contributed by atoms with Crippen LogP contribution < -0.4 is 4.57 Å². The highest BCUT2D eigenvalue weighted by molar-refractivity contribution is 6.13. The van der Waals surface area contributed by atoms with Crippen molar-refractivity contribution in [2.24, 2.45) is 7.05 Å². The minimum atomic E-state index is 0.655. The monoisotopic (exact) mass is 389 g/mol. The van der Waals surface area contributed by atoms with Crippen LogP contribution in [-0.2, 0) is 7.05 Å². The molecule has 2 heterocycles. The van der Waals surface area contributed by atoms with Crippen LogP contribution in [0, 0.1) is 25.2 Å². The molecule has 5 rings (SSSR count). The zero-order chi connectivity index (χ0) is 20.8. The van der Waals surface area contributed by atoms with Gasteiger partial charge >= 0.3 is 0 Å². The lowest BCUT2D eigenvalue weighted by Crippen LogP contribution is -2.30. The lowest BCUT2D eigenvalue weighted by molar-refractivity contribution is -0.660. The molecule has 0 unspecified atom stereocenters. The molecule has 0 aliphatic heterocycles. The van der Waals surface area contributed by atoms with E-state index in [-0.39, 0.29) is 0 Å². The van der Waals surface area contributed by atoms with Crippen LogP contribution in [0.25, 0.3) is 44.3 Å². The van der Waals surface area contributed by atoms with Crippen LogP contribution in [0.15, 0.2) is 77.3 Å². The van der Waals surface area contributed by atoms with Crippen molar-refractivity contribution in [2.75, 3.05) is 0 Å². The molecule has 3 nitrogen and oxygen atoms in total. The molecular formula is C27H21N2O+. The molecule has 0 saturated heterocycles. The van der Waals surface area contributed by atoms with Gasteiger partial charge in [-0.2, -0.15) is 5.26 Å². The standard InChI is InChI=1S/C27H21N2O/c1-17-7-10-19(11-8-17)20-13-14-24-26(22(20)16-28)21-12-9-18(2)25(27(21)30-24)23-6-4-5-15-29(23)3/h4-15H,1-3H3/q+1. The van der Waals surface area contributed by atoms with Gasteiger partial charge in [-0.1, -0.05) is 42.0 Å². The van der Waals surface area contributed by atoms with Crippen LogP contribution in [-0.4, -0.2) is 0 Å². The van der Waals surface area contributed by atoms with Crippen molar-refractivity contribution in [3.8, 4) is 28.5 Å². The van der Waals surface area contributed by atoms with Gasteiger partial charge < -0.3 is 4.42 Å². The summed E-state index contributed by atoms with van der Waals surface area (Å²) >= 11 is 0. The summed E-state index contributed by atoms with van der Waals surface area (Å²) in [4.78, 5) is 0. The van der Waals surface area contributed by atoms with Crippen molar-refractivity contribution < 1.29 is 8.98 Å². The summed E-state index contributed by atoms with van der Waals surface area (Å²) in [6.45, 7) is 4.16. The van der Waals surface area contributed by atoms with E-state index in [0.29, 0.717) is 5.56 Å². The number of nitriles is 1. The smallest absolute Gasteiger partial charge is 0.216 e. The van der Waals surface area contributed by atoms with Crippen LogP contribution >= 0.6 is 0 Å². The molecule has 0 fully saturated rings. The molecule has 0 aliphatic rings. The fraction of sp³-hybridized carbons (Fsp3) is 0.111. The van der Waals surface area contributed by atoms with Crippen LogP contribution in [0.2, 0.25) is 0 Å². The average Bonchev–Trinajstić information content (AvgIpc) is 3.13. The number of aromatic nitrogens is 1. The molecule has 0 N–H and O–H groups in total. The molecule has 0 amide bonds. The van der Waals surface area contributed by atoms with Crippen molar-refractivity contribution in [2.45, 2.75) is 13.8 Å². The largest absolute Gasteiger partial charge is 0.455 e. The van der Waals surface area contributed by atoms with Gasteiger partial charge in [-0.3, -0.25) is 0 Å². The summed E-state index contributed by atoms with van der Waals surface area (Å²) in [5.41, 5.74) is 8.66. The van der Waals surface area contributed by atoms with E-state index in [1.807, 2.05) is 37.5 Å². The van der Waals surface area contributed by atoms with Gasteiger partial charge in [0.2, 0.25) is 5.69 Å². The van der Waals surface area contributed by atoms with Gasteiger partial charge in [0.1, 0.15) is 24.3 Å². The maximum atomic E-state index is 10.1. The third kappa shape index (κ3) is 2.69. The van der Waals surface area contributed by atoms with Gasteiger partial charge in [-0.15, -0.1) is 0 Å². The van der Waals surface area contributed by atoms with E-state index in [1.54, 1.807) is 0 Å². The van der Waals surface area contributed by atoms with E-state index < -0.39 is 0 Å². The Bertz CT molecular complexity index is 1470. The molecule has 2 aromatic heterocycles. The van der Waals surface area contributed by atoms with E-state index in [4.69, 9.17) is 4.42 Å². The zero-order valence-electron chi connectivity index (χ0n) is 17.2. The molecule has 144 valence electrons. The van der Waals surface area contributed by atoms with Crippen molar-refractivity contribution in [1.82, 2.24) is 0 Å². The topological polar surface area (TPSA) is 40.8 Å². The molecule has 3 aromatic carbocycles. The Morgan fingerprint density at radius 3 is 2.43 bits per heavy atom. The number of furan rings is 1. The maximum absolute atomic E-state index is 10.1. The van der Waals surface area contributed by atoms with Crippen molar-refractivity contribution >= 4 is 21.9 Å². The number of fused-ring (bicyclic) bond motifs is 3. The fourth-order valence-corrected chi connectivity index (χ4v) is 4.22. The summed E-state index contributed by atoms with van der Waals surface area (Å²) in [6, 6.07) is 25.0. The van der Waals surface area contributed by atoms with Gasteiger partial charge in [0, 0.05) is 28.5 Å². The molecule has 0 saturated carbocycles. The Labute approximate surface area is 175 Å². The van der Waals surface area contributed by atoms with E-state index in [0.717, 1.165) is 49.9 Å². The first-order valence-corrected chi connectivity index (χ1v) is 9.99. The highest BCUT2D eigenvalue weighted by Gasteiger charge is 2.22. The molecular weight excluding hydrogens is 368 g/mol. The Balaban J connectivity index is 1.87. The summed E-state index contributed by atoms with van der Waals surface area (Å²) in [7, 11) is 2.03. The average molecular weight is 389 g/mol. The maximum Gasteiger partial charge on any atom is 0.216 e. The first-order chi connectivity index (χ1) is 14.6. The summed E-state index contributed by atoms with van der Waals surface area (Å²) in [6.07, 6.45) is 2.03. The Hall–Kier alpha value is -3.90. The molecule has 5 aromatic rings. The number of nitrogens with zero attached hydrogens (tertiary/aromatic N) is 2. The second kappa shape index (κ2) is 6.86. The molecule has 0 radical (unpaired) electrons. The van der Waals surface area contributed by atoms with Crippen LogP contribution in [0.4, 0.5) is 0 Å². The van der Waals surface area contributed by atoms with E-state index >= 15 is 0 Å². The van der Waals surface area contributed by atoms with Gasteiger partial charge in [-0.25, -0.2) is 4.57 Å². The molecule has 0 spiro atoms. The molecule has 0 bridgehead atoms. The van der Waals surface area contributed by atoms with Gasteiger partial charge in [0.15, 0.2) is 6.20 Å². The number of hydrogen-bond donors (Lipinski definition) is 0. The highest BCUT2D eigenvalue weighted by atomic mass is 16.3. The SMILES string of the molecule is Cc1ccc(-c2ccc3oc4c(-c5cccc[n+]5C)c(C)ccc4c3c2C#N)cc1. The predicted molar refractivity (Wildman–Crippen MR) is 120 cm³/mol. The predicted octanol–water partition coefficient (Wildman–Crippen LogP) is 6.23. The minimum Gasteiger partial charge on any atom is -0.455 e. The van der Waals surface area contributed by atoms with E-state index in [2.05, 4.69) is 66.9 Å². The van der Waals surface area contributed by atoms with E-state index in [9.17, 15) is 5.26 Å².